The van der Waals surface area contributed by atoms with Gasteiger partial charge in [-0.1, -0.05) is 140 Å². The highest BCUT2D eigenvalue weighted by molar-refractivity contribution is 5.96. The van der Waals surface area contributed by atoms with Crippen molar-refractivity contribution >= 4 is 17.1 Å². The average Bonchev–Trinajstić information content (AvgIpc) is 3.46. The number of anilines is 3. The summed E-state index contributed by atoms with van der Waals surface area (Å²) in [7, 11) is 0. The van der Waals surface area contributed by atoms with Gasteiger partial charge in [0.1, 0.15) is 0 Å². The van der Waals surface area contributed by atoms with Gasteiger partial charge in [0, 0.05) is 16.9 Å². The van der Waals surface area contributed by atoms with Crippen molar-refractivity contribution in [2.24, 2.45) is 0 Å². The Morgan fingerprint density at radius 2 is 0.938 bits per heavy atom. The van der Waals surface area contributed by atoms with E-state index < -0.39 is 5.41 Å². The molecule has 0 saturated heterocycles. The van der Waals surface area contributed by atoms with Gasteiger partial charge in [-0.2, -0.15) is 0 Å². The highest BCUT2D eigenvalue weighted by Gasteiger charge is 2.46. The minimum Gasteiger partial charge on any atom is -0.310 e. The molecule has 0 amide bonds. The molecule has 0 heterocycles. The molecule has 7 aromatic carbocycles. The minimum absolute atomic E-state index is 0.476. The van der Waals surface area contributed by atoms with Gasteiger partial charge in [-0.3, -0.25) is 0 Å². The third-order valence-corrected chi connectivity index (χ3v) is 10.5. The first-order chi connectivity index (χ1) is 23.8. The summed E-state index contributed by atoms with van der Waals surface area (Å²) >= 11 is 0. The van der Waals surface area contributed by atoms with Crippen LogP contribution in [0, 0.1) is 0 Å². The van der Waals surface area contributed by atoms with E-state index in [1.807, 2.05) is 0 Å². The van der Waals surface area contributed by atoms with Gasteiger partial charge in [-0.05, 0) is 112 Å². The van der Waals surface area contributed by atoms with Crippen LogP contribution in [0.25, 0.3) is 22.3 Å². The molecular formula is C47H37N. The largest absolute Gasteiger partial charge is 0.310 e. The Labute approximate surface area is 283 Å². The molecule has 0 aromatic heterocycles. The van der Waals surface area contributed by atoms with Gasteiger partial charge in [0.05, 0.1) is 11.1 Å². The van der Waals surface area contributed by atoms with E-state index in [1.54, 1.807) is 0 Å². The molecule has 0 radical (unpaired) electrons. The molecule has 0 spiro atoms. The van der Waals surface area contributed by atoms with Crippen LogP contribution in [0.4, 0.5) is 17.1 Å². The standard InChI is InChI=1S/C47H37N/c1-5-19-37(20-6-1)47(38-21-7-2-8-22-38)44-28-16-15-27-41(44)43-32-42(36-30-29-34-17-13-14-18-35(34)31-36)46(33-45(43)47)48(39-23-9-3-10-24-39)40-25-11-4-12-26-40/h1-12,15-16,19-33H,13-14,17-18H2. The van der Waals surface area contributed by atoms with Crippen molar-refractivity contribution in [1.82, 2.24) is 0 Å². The molecule has 48 heavy (non-hydrogen) atoms. The molecular weight excluding hydrogens is 579 g/mol. The molecule has 2 aliphatic carbocycles. The van der Waals surface area contributed by atoms with Crippen molar-refractivity contribution in [1.29, 1.82) is 0 Å². The first kappa shape index (κ1) is 28.6. The molecule has 9 rings (SSSR count). The molecule has 0 aliphatic heterocycles. The van der Waals surface area contributed by atoms with E-state index in [0.29, 0.717) is 0 Å². The lowest BCUT2D eigenvalue weighted by Gasteiger charge is -2.35. The van der Waals surface area contributed by atoms with Crippen molar-refractivity contribution in [3.05, 3.63) is 209 Å². The smallest absolute Gasteiger partial charge is 0.0714 e. The fraction of sp³-hybridized carbons (Fsp3) is 0.106. The van der Waals surface area contributed by atoms with E-state index in [0.717, 1.165) is 17.8 Å². The second-order valence-corrected chi connectivity index (χ2v) is 13.1. The van der Waals surface area contributed by atoms with E-state index in [1.165, 1.54) is 80.6 Å². The fourth-order valence-corrected chi connectivity index (χ4v) is 8.37. The zero-order valence-electron chi connectivity index (χ0n) is 27.0. The van der Waals surface area contributed by atoms with Crippen LogP contribution in [0.1, 0.15) is 46.2 Å². The van der Waals surface area contributed by atoms with E-state index in [2.05, 4.69) is 181 Å². The number of hydrogen-bond donors (Lipinski definition) is 0. The second kappa shape index (κ2) is 11.9. The number of benzene rings is 7. The van der Waals surface area contributed by atoms with Crippen molar-refractivity contribution in [3.63, 3.8) is 0 Å². The van der Waals surface area contributed by atoms with Gasteiger partial charge in [0.15, 0.2) is 0 Å². The quantitative estimate of drug-likeness (QED) is 0.180. The van der Waals surface area contributed by atoms with Crippen molar-refractivity contribution in [2.75, 3.05) is 4.90 Å². The maximum absolute atomic E-state index is 2.52. The molecule has 7 aromatic rings. The van der Waals surface area contributed by atoms with Crippen molar-refractivity contribution in [2.45, 2.75) is 31.1 Å². The molecule has 0 atom stereocenters. The molecule has 1 heteroatoms. The lowest BCUT2D eigenvalue weighted by molar-refractivity contribution is 0.686. The van der Waals surface area contributed by atoms with E-state index >= 15 is 0 Å². The van der Waals surface area contributed by atoms with Gasteiger partial charge in [0.2, 0.25) is 0 Å². The van der Waals surface area contributed by atoms with Crippen LogP contribution in [0.3, 0.4) is 0 Å². The van der Waals surface area contributed by atoms with Crippen LogP contribution in [-0.2, 0) is 18.3 Å². The number of para-hydroxylation sites is 2. The highest BCUT2D eigenvalue weighted by Crippen LogP contribution is 2.58. The normalized spacial score (nSPS) is 14.1. The third-order valence-electron chi connectivity index (χ3n) is 10.5. The summed E-state index contributed by atoms with van der Waals surface area (Å²) in [5, 5.41) is 0. The second-order valence-electron chi connectivity index (χ2n) is 13.1. The number of rotatable bonds is 6. The SMILES string of the molecule is c1ccc(N(c2ccccc2)c2cc3c(cc2-c2ccc4c(c2)CCCC4)-c2ccccc2C3(c2ccccc2)c2ccccc2)cc1. The molecule has 1 nitrogen and oxygen atoms in total. The summed E-state index contributed by atoms with van der Waals surface area (Å²) in [5.74, 6) is 0. The first-order valence-corrected chi connectivity index (χ1v) is 17.2. The Bertz CT molecular complexity index is 2140. The van der Waals surface area contributed by atoms with Gasteiger partial charge in [0.25, 0.3) is 0 Å². The van der Waals surface area contributed by atoms with Crippen LogP contribution >= 0.6 is 0 Å². The average molecular weight is 616 g/mol. The van der Waals surface area contributed by atoms with Crippen LogP contribution in [0.15, 0.2) is 176 Å². The van der Waals surface area contributed by atoms with Crippen LogP contribution in [0.2, 0.25) is 0 Å². The van der Waals surface area contributed by atoms with Gasteiger partial charge in [-0.15, -0.1) is 0 Å². The van der Waals surface area contributed by atoms with Gasteiger partial charge >= 0.3 is 0 Å². The lowest BCUT2D eigenvalue weighted by atomic mass is 9.67. The number of fused-ring (bicyclic) bond motifs is 4. The number of aryl methyl sites for hydroxylation is 2. The number of nitrogens with zero attached hydrogens (tertiary/aromatic N) is 1. The molecule has 0 unspecified atom stereocenters. The monoisotopic (exact) mass is 615 g/mol. The molecule has 230 valence electrons. The highest BCUT2D eigenvalue weighted by atomic mass is 15.1. The summed E-state index contributed by atoms with van der Waals surface area (Å²) in [6.07, 6.45) is 4.87. The predicted molar refractivity (Wildman–Crippen MR) is 201 cm³/mol. The van der Waals surface area contributed by atoms with E-state index in [9.17, 15) is 0 Å². The lowest BCUT2D eigenvalue weighted by Crippen LogP contribution is -2.28. The zero-order chi connectivity index (χ0) is 31.9. The summed E-state index contributed by atoms with van der Waals surface area (Å²) in [6.45, 7) is 0. The third kappa shape index (κ3) is 4.53. The summed E-state index contributed by atoms with van der Waals surface area (Å²) < 4.78 is 0. The maximum Gasteiger partial charge on any atom is 0.0714 e. The Morgan fingerprint density at radius 3 is 1.56 bits per heavy atom. The molecule has 0 saturated carbocycles. The van der Waals surface area contributed by atoms with Crippen LogP contribution < -0.4 is 4.90 Å². The Hall–Kier alpha value is -5.66. The first-order valence-electron chi connectivity index (χ1n) is 17.2. The van der Waals surface area contributed by atoms with Crippen molar-refractivity contribution < 1.29 is 0 Å². The van der Waals surface area contributed by atoms with Crippen molar-refractivity contribution in [3.8, 4) is 22.3 Å². The summed E-state index contributed by atoms with van der Waals surface area (Å²) in [4.78, 5) is 2.46. The fourth-order valence-electron chi connectivity index (χ4n) is 8.37. The summed E-state index contributed by atoms with van der Waals surface area (Å²) in [6, 6.07) is 65.3. The minimum atomic E-state index is -0.476. The predicted octanol–water partition coefficient (Wildman–Crippen LogP) is 12.1. The van der Waals surface area contributed by atoms with E-state index in [-0.39, 0.29) is 0 Å². The van der Waals surface area contributed by atoms with E-state index in [4.69, 9.17) is 0 Å². The van der Waals surface area contributed by atoms with Gasteiger partial charge in [-0.25, -0.2) is 0 Å². The zero-order valence-corrected chi connectivity index (χ0v) is 27.0. The molecule has 0 fully saturated rings. The molecule has 0 bridgehead atoms. The maximum atomic E-state index is 2.52. The topological polar surface area (TPSA) is 3.24 Å². The number of hydrogen-bond acceptors (Lipinski definition) is 1. The van der Waals surface area contributed by atoms with Gasteiger partial charge < -0.3 is 4.90 Å². The Kier molecular flexibility index (Phi) is 7.05. The molecule has 2 aliphatic rings. The van der Waals surface area contributed by atoms with Crippen LogP contribution in [-0.4, -0.2) is 0 Å². The Morgan fingerprint density at radius 1 is 0.396 bits per heavy atom. The van der Waals surface area contributed by atoms with Crippen LogP contribution in [0.5, 0.6) is 0 Å². The molecule has 0 N–H and O–H groups in total. The summed E-state index contributed by atoms with van der Waals surface area (Å²) in [5.41, 5.74) is 16.3. The Balaban J connectivity index is 1.41.